The zero-order valence-corrected chi connectivity index (χ0v) is 18.4. The van der Waals surface area contributed by atoms with Crippen molar-refractivity contribution in [2.45, 2.75) is 37.9 Å². The molecule has 1 saturated heterocycles. The SMILES string of the molecule is CCS(=O)(=O)CCNC(=O)c1ccc(Cl)c(S(=O)(=O)N2CC(C)OC(C)C2)c1. The van der Waals surface area contributed by atoms with Crippen LogP contribution >= 0.6 is 11.6 Å². The lowest BCUT2D eigenvalue weighted by atomic mass is 10.2. The third kappa shape index (κ3) is 5.66. The predicted octanol–water partition coefficient (Wildman–Crippen LogP) is 1.30. The number of sulfone groups is 1. The fraction of sp³-hybridized carbons (Fsp3) is 0.588. The van der Waals surface area contributed by atoms with Gasteiger partial charge in [0.05, 0.1) is 23.0 Å². The average Bonchev–Trinajstić information content (AvgIpc) is 2.60. The molecule has 1 heterocycles. The minimum Gasteiger partial charge on any atom is -0.373 e. The number of carbonyl (C=O) groups excluding carboxylic acids is 1. The quantitative estimate of drug-likeness (QED) is 0.667. The Kier molecular flexibility index (Phi) is 7.49. The Labute approximate surface area is 171 Å². The summed E-state index contributed by atoms with van der Waals surface area (Å²) in [5, 5.41) is 2.50. The minimum atomic E-state index is -3.92. The summed E-state index contributed by atoms with van der Waals surface area (Å²) in [7, 11) is -7.13. The van der Waals surface area contributed by atoms with Crippen molar-refractivity contribution in [2.24, 2.45) is 0 Å². The molecule has 1 aromatic carbocycles. The molecule has 1 aliphatic rings. The largest absolute Gasteiger partial charge is 0.373 e. The van der Waals surface area contributed by atoms with E-state index >= 15 is 0 Å². The first-order chi connectivity index (χ1) is 13.0. The number of nitrogens with zero attached hydrogens (tertiary/aromatic N) is 1. The maximum atomic E-state index is 13.0. The van der Waals surface area contributed by atoms with E-state index < -0.39 is 25.8 Å². The molecule has 1 aromatic rings. The molecule has 2 unspecified atom stereocenters. The van der Waals surface area contributed by atoms with Crippen LogP contribution in [0.25, 0.3) is 0 Å². The molecule has 0 aliphatic carbocycles. The second-order valence-corrected chi connectivity index (χ2v) is 11.5. The molecule has 0 saturated carbocycles. The number of hydrogen-bond acceptors (Lipinski definition) is 6. The third-order valence-corrected chi connectivity index (χ3v) is 8.35. The molecule has 0 aromatic heterocycles. The zero-order valence-electron chi connectivity index (χ0n) is 16.0. The van der Waals surface area contributed by atoms with E-state index in [1.807, 2.05) is 0 Å². The van der Waals surface area contributed by atoms with Gasteiger partial charge in [-0.1, -0.05) is 18.5 Å². The molecule has 1 amide bonds. The van der Waals surface area contributed by atoms with E-state index in [9.17, 15) is 21.6 Å². The van der Waals surface area contributed by atoms with Gasteiger partial charge in [-0.3, -0.25) is 4.79 Å². The molecule has 28 heavy (non-hydrogen) atoms. The molecule has 1 N–H and O–H groups in total. The van der Waals surface area contributed by atoms with Crippen molar-refractivity contribution < 1.29 is 26.4 Å². The van der Waals surface area contributed by atoms with E-state index in [0.29, 0.717) is 0 Å². The smallest absolute Gasteiger partial charge is 0.251 e. The van der Waals surface area contributed by atoms with Crippen LogP contribution in [0.3, 0.4) is 0 Å². The van der Waals surface area contributed by atoms with Crippen molar-refractivity contribution in [1.29, 1.82) is 0 Å². The van der Waals surface area contributed by atoms with Crippen molar-refractivity contribution >= 4 is 37.4 Å². The second kappa shape index (κ2) is 9.08. The molecule has 8 nitrogen and oxygen atoms in total. The maximum Gasteiger partial charge on any atom is 0.251 e. The van der Waals surface area contributed by atoms with Gasteiger partial charge in [0.15, 0.2) is 9.84 Å². The van der Waals surface area contributed by atoms with Crippen molar-refractivity contribution in [3.63, 3.8) is 0 Å². The Morgan fingerprint density at radius 2 is 1.82 bits per heavy atom. The van der Waals surface area contributed by atoms with Crippen LogP contribution in [0.15, 0.2) is 23.1 Å². The lowest BCUT2D eigenvalue weighted by molar-refractivity contribution is -0.0440. The molecule has 158 valence electrons. The molecule has 1 fully saturated rings. The average molecular weight is 453 g/mol. The Morgan fingerprint density at radius 1 is 1.21 bits per heavy atom. The molecule has 11 heteroatoms. The van der Waals surface area contributed by atoms with Crippen molar-refractivity contribution in [3.8, 4) is 0 Å². The lowest BCUT2D eigenvalue weighted by Crippen LogP contribution is -2.48. The minimum absolute atomic E-state index is 0.0110. The first-order valence-corrected chi connectivity index (χ1v) is 12.5. The van der Waals surface area contributed by atoms with E-state index in [-0.39, 0.29) is 58.8 Å². The van der Waals surface area contributed by atoms with E-state index in [4.69, 9.17) is 16.3 Å². The Balaban J connectivity index is 2.21. The molecule has 0 radical (unpaired) electrons. The van der Waals surface area contributed by atoms with Crippen molar-refractivity contribution in [1.82, 2.24) is 9.62 Å². The van der Waals surface area contributed by atoms with Crippen LogP contribution in [0.4, 0.5) is 0 Å². The molecular formula is C17H25ClN2O6S2. The van der Waals surface area contributed by atoms with Crippen LogP contribution in [-0.4, -0.2) is 70.4 Å². The number of rotatable bonds is 7. The Bertz CT molecular complexity index is 923. The van der Waals surface area contributed by atoms with Crippen LogP contribution in [0, 0.1) is 0 Å². The fourth-order valence-corrected chi connectivity index (χ4v) is 5.67. The number of morpholine rings is 1. The summed E-state index contributed by atoms with van der Waals surface area (Å²) in [5.41, 5.74) is 0.0891. The van der Waals surface area contributed by atoms with Gasteiger partial charge < -0.3 is 10.1 Å². The zero-order chi connectivity index (χ0) is 21.1. The number of sulfonamides is 1. The number of benzene rings is 1. The monoisotopic (exact) mass is 452 g/mol. The highest BCUT2D eigenvalue weighted by molar-refractivity contribution is 7.91. The lowest BCUT2D eigenvalue weighted by Gasteiger charge is -2.34. The van der Waals surface area contributed by atoms with Gasteiger partial charge in [-0.05, 0) is 32.0 Å². The van der Waals surface area contributed by atoms with Crippen LogP contribution < -0.4 is 5.32 Å². The van der Waals surface area contributed by atoms with Gasteiger partial charge in [-0.2, -0.15) is 4.31 Å². The number of amides is 1. The van der Waals surface area contributed by atoms with Crippen LogP contribution in [0.1, 0.15) is 31.1 Å². The molecular weight excluding hydrogens is 428 g/mol. The van der Waals surface area contributed by atoms with Gasteiger partial charge in [0.2, 0.25) is 10.0 Å². The molecule has 2 atom stereocenters. The van der Waals surface area contributed by atoms with Gasteiger partial charge in [0.25, 0.3) is 5.91 Å². The first kappa shape index (κ1) is 23.1. The predicted molar refractivity (Wildman–Crippen MR) is 107 cm³/mol. The van der Waals surface area contributed by atoms with E-state index in [1.165, 1.54) is 29.4 Å². The number of ether oxygens (including phenoxy) is 1. The summed E-state index contributed by atoms with van der Waals surface area (Å²) in [4.78, 5) is 12.1. The van der Waals surface area contributed by atoms with E-state index in [1.54, 1.807) is 13.8 Å². The first-order valence-electron chi connectivity index (χ1n) is 8.90. The highest BCUT2D eigenvalue weighted by atomic mass is 35.5. The number of carbonyl (C=O) groups is 1. The van der Waals surface area contributed by atoms with Gasteiger partial charge in [-0.25, -0.2) is 16.8 Å². The van der Waals surface area contributed by atoms with Crippen LogP contribution in [0.5, 0.6) is 0 Å². The Morgan fingerprint density at radius 3 is 2.39 bits per heavy atom. The molecule has 0 spiro atoms. The number of halogens is 1. The van der Waals surface area contributed by atoms with Crippen LogP contribution in [-0.2, 0) is 24.6 Å². The van der Waals surface area contributed by atoms with E-state index in [2.05, 4.69) is 5.32 Å². The molecule has 2 rings (SSSR count). The summed E-state index contributed by atoms with van der Waals surface area (Å²) in [6, 6.07) is 3.96. The summed E-state index contributed by atoms with van der Waals surface area (Å²) in [5.74, 6) is -0.761. The highest BCUT2D eigenvalue weighted by Gasteiger charge is 2.33. The number of hydrogen-bond donors (Lipinski definition) is 1. The van der Waals surface area contributed by atoms with Gasteiger partial charge in [0.1, 0.15) is 4.90 Å². The summed E-state index contributed by atoms with van der Waals surface area (Å²) < 4.78 is 56.0. The number of nitrogens with one attached hydrogen (secondary N) is 1. The standard InChI is InChI=1S/C17H25ClN2O6S2/c1-4-27(22,23)8-7-19-17(21)14-5-6-15(18)16(9-14)28(24,25)20-10-12(2)26-13(3)11-20/h5-6,9,12-13H,4,7-8,10-11H2,1-3H3,(H,19,21). The second-order valence-electron chi connectivity index (χ2n) is 6.72. The van der Waals surface area contributed by atoms with Gasteiger partial charge in [-0.15, -0.1) is 0 Å². The summed E-state index contributed by atoms with van der Waals surface area (Å²) in [6.07, 6.45) is -0.520. The van der Waals surface area contributed by atoms with Crippen molar-refractivity contribution in [3.05, 3.63) is 28.8 Å². The summed E-state index contributed by atoms with van der Waals surface area (Å²) >= 11 is 6.11. The Hall–Kier alpha value is -1.20. The van der Waals surface area contributed by atoms with E-state index in [0.717, 1.165) is 0 Å². The normalized spacial score (nSPS) is 21.4. The molecule has 1 aliphatic heterocycles. The fourth-order valence-electron chi connectivity index (χ4n) is 2.87. The topological polar surface area (TPSA) is 110 Å². The third-order valence-electron chi connectivity index (χ3n) is 4.34. The van der Waals surface area contributed by atoms with Crippen molar-refractivity contribution in [2.75, 3.05) is 31.1 Å². The highest BCUT2D eigenvalue weighted by Crippen LogP contribution is 2.28. The van der Waals surface area contributed by atoms with Crippen LogP contribution in [0.2, 0.25) is 5.02 Å². The molecule has 0 bridgehead atoms. The maximum absolute atomic E-state index is 13.0. The summed E-state index contributed by atoms with van der Waals surface area (Å²) in [6.45, 7) is 5.42. The van der Waals surface area contributed by atoms with Gasteiger partial charge in [0, 0.05) is 31.0 Å². The van der Waals surface area contributed by atoms with Gasteiger partial charge >= 0.3 is 0 Å².